The van der Waals surface area contributed by atoms with E-state index < -0.39 is 11.9 Å². The van der Waals surface area contributed by atoms with Crippen LogP contribution in [-0.4, -0.2) is 11.9 Å². The third-order valence-electron chi connectivity index (χ3n) is 3.29. The van der Waals surface area contributed by atoms with Crippen LogP contribution in [0.3, 0.4) is 0 Å². The molecular weight excluding hydrogens is 328 g/mol. The van der Waals surface area contributed by atoms with Crippen LogP contribution in [0.15, 0.2) is 49.6 Å². The van der Waals surface area contributed by atoms with Crippen molar-refractivity contribution in [3.8, 4) is 0 Å². The minimum Gasteiger partial charge on any atom is -0.463 e. The van der Waals surface area contributed by atoms with Crippen LogP contribution in [0.2, 0.25) is 0 Å². The number of furan rings is 3. The smallest absolute Gasteiger partial charge is 0.374 e. The summed E-state index contributed by atoms with van der Waals surface area (Å²) in [6.07, 6.45) is 0. The Bertz CT molecular complexity index is 810. The summed E-state index contributed by atoms with van der Waals surface area (Å²) in [5.41, 5.74) is 0. The van der Waals surface area contributed by atoms with Crippen molar-refractivity contribution in [3.63, 3.8) is 0 Å². The normalized spacial score (nSPS) is 10.6. The number of aryl methyl sites for hydroxylation is 2. The van der Waals surface area contributed by atoms with Crippen molar-refractivity contribution in [2.75, 3.05) is 0 Å². The van der Waals surface area contributed by atoms with E-state index in [4.69, 9.17) is 22.7 Å². The van der Waals surface area contributed by atoms with Crippen molar-refractivity contribution < 1.29 is 32.3 Å². The maximum atomic E-state index is 11.9. The van der Waals surface area contributed by atoms with E-state index in [1.165, 1.54) is 12.1 Å². The first-order valence-electron chi connectivity index (χ1n) is 7.56. The summed E-state index contributed by atoms with van der Waals surface area (Å²) in [6.45, 7) is 3.54. The fourth-order valence-corrected chi connectivity index (χ4v) is 2.10. The predicted octanol–water partition coefficient (Wildman–Crippen LogP) is 3.80. The van der Waals surface area contributed by atoms with Gasteiger partial charge in [0.1, 0.15) is 36.3 Å². The van der Waals surface area contributed by atoms with Crippen molar-refractivity contribution in [2.24, 2.45) is 0 Å². The third-order valence-corrected chi connectivity index (χ3v) is 3.29. The monoisotopic (exact) mass is 344 g/mol. The van der Waals surface area contributed by atoms with Gasteiger partial charge in [-0.25, -0.2) is 9.59 Å². The van der Waals surface area contributed by atoms with E-state index in [1.54, 1.807) is 38.1 Å². The minimum atomic E-state index is -0.699. The number of ether oxygens (including phenoxy) is 2. The van der Waals surface area contributed by atoms with Crippen LogP contribution < -0.4 is 0 Å². The van der Waals surface area contributed by atoms with Gasteiger partial charge in [0, 0.05) is 0 Å². The molecule has 0 aliphatic rings. The molecule has 0 saturated carbocycles. The molecule has 0 unspecified atom stereocenters. The van der Waals surface area contributed by atoms with E-state index in [2.05, 4.69) is 0 Å². The second kappa shape index (κ2) is 7.12. The van der Waals surface area contributed by atoms with E-state index in [-0.39, 0.29) is 24.7 Å². The van der Waals surface area contributed by atoms with Crippen LogP contribution in [0.4, 0.5) is 0 Å². The third kappa shape index (κ3) is 4.20. The molecule has 0 aliphatic carbocycles. The average Bonchev–Trinajstić information content (AvgIpc) is 3.31. The van der Waals surface area contributed by atoms with Gasteiger partial charge in [-0.15, -0.1) is 0 Å². The molecule has 0 N–H and O–H groups in total. The summed E-state index contributed by atoms with van der Waals surface area (Å²) >= 11 is 0. The Morgan fingerprint density at radius 2 is 1.16 bits per heavy atom. The van der Waals surface area contributed by atoms with Crippen molar-refractivity contribution in [2.45, 2.75) is 27.1 Å². The van der Waals surface area contributed by atoms with Gasteiger partial charge in [0.25, 0.3) is 0 Å². The number of hydrogen-bond acceptors (Lipinski definition) is 7. The SMILES string of the molecule is Cc1ccc(COC(=O)c2ccc(C(=O)OCc3ccc(C)o3)o2)o1. The zero-order valence-corrected chi connectivity index (χ0v) is 13.7. The first-order chi connectivity index (χ1) is 12.0. The molecule has 25 heavy (non-hydrogen) atoms. The topological polar surface area (TPSA) is 92.0 Å². The van der Waals surface area contributed by atoms with Crippen molar-refractivity contribution >= 4 is 11.9 Å². The van der Waals surface area contributed by atoms with Crippen LogP contribution >= 0.6 is 0 Å². The van der Waals surface area contributed by atoms with E-state index in [0.29, 0.717) is 11.5 Å². The quantitative estimate of drug-likeness (QED) is 0.628. The van der Waals surface area contributed by atoms with Gasteiger partial charge >= 0.3 is 11.9 Å². The lowest BCUT2D eigenvalue weighted by Gasteiger charge is -2.01. The number of carbonyl (C=O) groups excluding carboxylic acids is 2. The summed E-state index contributed by atoms with van der Waals surface area (Å²) in [6, 6.07) is 9.66. The Hall–Kier alpha value is -3.22. The maximum absolute atomic E-state index is 11.9. The Morgan fingerprint density at radius 3 is 1.52 bits per heavy atom. The highest BCUT2D eigenvalue weighted by Gasteiger charge is 2.19. The second-order valence-electron chi connectivity index (χ2n) is 5.34. The average molecular weight is 344 g/mol. The second-order valence-corrected chi connectivity index (χ2v) is 5.34. The van der Waals surface area contributed by atoms with Gasteiger partial charge < -0.3 is 22.7 Å². The molecule has 7 heteroatoms. The maximum Gasteiger partial charge on any atom is 0.374 e. The van der Waals surface area contributed by atoms with Crippen molar-refractivity contribution in [1.29, 1.82) is 0 Å². The molecule has 3 aromatic heterocycles. The summed E-state index contributed by atoms with van der Waals surface area (Å²) in [5, 5.41) is 0. The molecule has 0 fully saturated rings. The Kier molecular flexibility index (Phi) is 4.74. The van der Waals surface area contributed by atoms with Gasteiger partial charge in [0.2, 0.25) is 11.5 Å². The van der Waals surface area contributed by atoms with Crippen LogP contribution in [0.25, 0.3) is 0 Å². The van der Waals surface area contributed by atoms with Crippen LogP contribution in [0.5, 0.6) is 0 Å². The largest absolute Gasteiger partial charge is 0.463 e. The zero-order chi connectivity index (χ0) is 17.8. The first-order valence-corrected chi connectivity index (χ1v) is 7.56. The van der Waals surface area contributed by atoms with Gasteiger partial charge in [-0.3, -0.25) is 0 Å². The molecule has 0 atom stereocenters. The minimum absolute atomic E-state index is 0.0228. The van der Waals surface area contributed by atoms with Crippen LogP contribution in [0, 0.1) is 13.8 Å². The zero-order valence-electron chi connectivity index (χ0n) is 13.7. The molecule has 3 rings (SSSR count). The van der Waals surface area contributed by atoms with Crippen LogP contribution in [-0.2, 0) is 22.7 Å². The predicted molar refractivity (Wildman–Crippen MR) is 83.8 cm³/mol. The number of carbonyl (C=O) groups is 2. The summed E-state index contributed by atoms with van der Waals surface area (Å²) in [7, 11) is 0. The fraction of sp³-hybridized carbons (Fsp3) is 0.222. The highest BCUT2D eigenvalue weighted by atomic mass is 16.6. The highest BCUT2D eigenvalue weighted by molar-refractivity contribution is 5.90. The molecular formula is C18H16O7. The first kappa shape index (κ1) is 16.6. The number of esters is 2. The number of rotatable bonds is 6. The van der Waals surface area contributed by atoms with Crippen molar-refractivity contribution in [1.82, 2.24) is 0 Å². The molecule has 0 spiro atoms. The van der Waals surface area contributed by atoms with E-state index in [9.17, 15) is 9.59 Å². The van der Waals surface area contributed by atoms with Crippen molar-refractivity contribution in [3.05, 3.63) is 71.0 Å². The molecule has 0 amide bonds. The molecule has 3 heterocycles. The summed E-state index contributed by atoms with van der Waals surface area (Å²) < 4.78 is 25.9. The van der Waals surface area contributed by atoms with Gasteiger partial charge in [-0.05, 0) is 50.2 Å². The molecule has 7 nitrogen and oxygen atoms in total. The lowest BCUT2D eigenvalue weighted by atomic mass is 10.4. The molecule has 3 aromatic rings. The highest BCUT2D eigenvalue weighted by Crippen LogP contribution is 2.14. The van der Waals surface area contributed by atoms with Gasteiger partial charge in [-0.2, -0.15) is 0 Å². The molecule has 0 radical (unpaired) electrons. The number of hydrogen-bond donors (Lipinski definition) is 0. The van der Waals surface area contributed by atoms with E-state index >= 15 is 0 Å². The standard InChI is InChI=1S/C18H16O7/c1-11-3-5-13(23-11)9-21-17(19)15-7-8-16(25-15)18(20)22-10-14-6-4-12(2)24-14/h3-8H,9-10H2,1-2H3. The Balaban J connectivity index is 1.53. The van der Waals surface area contributed by atoms with E-state index in [1.807, 2.05) is 0 Å². The molecule has 0 saturated heterocycles. The molecule has 0 aliphatic heterocycles. The fourth-order valence-electron chi connectivity index (χ4n) is 2.10. The molecule has 0 bridgehead atoms. The lowest BCUT2D eigenvalue weighted by Crippen LogP contribution is -2.05. The van der Waals surface area contributed by atoms with Gasteiger partial charge in [-0.1, -0.05) is 0 Å². The summed E-state index contributed by atoms with van der Waals surface area (Å²) in [5.74, 6) is 0.899. The van der Waals surface area contributed by atoms with Crippen LogP contribution in [0.1, 0.15) is 44.2 Å². The van der Waals surface area contributed by atoms with E-state index in [0.717, 1.165) is 11.5 Å². The van der Waals surface area contributed by atoms with Gasteiger partial charge in [0.05, 0.1) is 0 Å². The van der Waals surface area contributed by atoms with Gasteiger partial charge in [0.15, 0.2) is 0 Å². The Morgan fingerprint density at radius 1 is 0.720 bits per heavy atom. The lowest BCUT2D eigenvalue weighted by molar-refractivity contribution is 0.0372. The Labute approximate surface area is 143 Å². The summed E-state index contributed by atoms with van der Waals surface area (Å²) in [4.78, 5) is 23.8. The molecule has 130 valence electrons. The molecule has 0 aromatic carbocycles.